The van der Waals surface area contributed by atoms with Gasteiger partial charge in [0.2, 0.25) is 0 Å². The Hall–Kier alpha value is -3.02. The monoisotopic (exact) mass is 341 g/mol. The number of rotatable bonds is 9. The Kier molecular flexibility index (Phi) is 6.39. The van der Waals surface area contributed by atoms with E-state index in [1.807, 2.05) is 31.2 Å². The van der Waals surface area contributed by atoms with E-state index in [1.165, 1.54) is 0 Å². The van der Waals surface area contributed by atoms with Gasteiger partial charge in [-0.15, -0.1) is 0 Å². The molecule has 0 aromatic heterocycles. The second-order valence-corrected chi connectivity index (χ2v) is 5.36. The van der Waals surface area contributed by atoms with Crippen LogP contribution in [0, 0.1) is 5.41 Å². The van der Waals surface area contributed by atoms with Crippen LogP contribution in [0.3, 0.4) is 0 Å². The van der Waals surface area contributed by atoms with Gasteiger partial charge >= 0.3 is 0 Å². The molecule has 0 spiro atoms. The van der Waals surface area contributed by atoms with Crippen molar-refractivity contribution in [1.29, 1.82) is 5.41 Å². The third-order valence-corrected chi connectivity index (χ3v) is 3.54. The third kappa shape index (κ3) is 4.97. The molecule has 0 unspecified atom stereocenters. The summed E-state index contributed by atoms with van der Waals surface area (Å²) in [5, 5.41) is 10.7. The minimum Gasteiger partial charge on any atom is -0.492 e. The van der Waals surface area contributed by atoms with Crippen LogP contribution in [0.2, 0.25) is 0 Å². The first kappa shape index (κ1) is 18.3. The van der Waals surface area contributed by atoms with Gasteiger partial charge < -0.3 is 20.5 Å². The largest absolute Gasteiger partial charge is 0.492 e. The number of Topliss-reactive ketones (excluding diaryl/α,β-unsaturated/α-hetero) is 1. The van der Waals surface area contributed by atoms with Crippen LogP contribution in [0.15, 0.2) is 42.5 Å². The number of para-hydroxylation sites is 1. The fraction of sp³-hybridized carbons (Fsp3) is 0.263. The highest BCUT2D eigenvalue weighted by molar-refractivity contribution is 5.95. The Morgan fingerprint density at radius 1 is 1.08 bits per heavy atom. The number of carbonyl (C=O) groups excluding carboxylic acids is 1. The molecule has 0 saturated heterocycles. The molecule has 0 saturated carbocycles. The molecular formula is C19H23N3O3. The van der Waals surface area contributed by atoms with Crippen molar-refractivity contribution < 1.29 is 14.3 Å². The van der Waals surface area contributed by atoms with Gasteiger partial charge in [0.1, 0.15) is 29.6 Å². The quantitative estimate of drug-likeness (QED) is 0.479. The lowest BCUT2D eigenvalue weighted by Crippen LogP contribution is -2.11. The van der Waals surface area contributed by atoms with E-state index in [-0.39, 0.29) is 18.2 Å². The first-order valence-corrected chi connectivity index (χ1v) is 8.17. The van der Waals surface area contributed by atoms with Crippen LogP contribution in [-0.2, 0) is 4.79 Å². The van der Waals surface area contributed by atoms with Crippen molar-refractivity contribution in [2.24, 2.45) is 5.73 Å². The van der Waals surface area contributed by atoms with E-state index < -0.39 is 0 Å². The molecule has 4 N–H and O–H groups in total. The fourth-order valence-electron chi connectivity index (χ4n) is 2.17. The Morgan fingerprint density at radius 2 is 1.72 bits per heavy atom. The second-order valence-electron chi connectivity index (χ2n) is 5.36. The Balaban J connectivity index is 2.28. The van der Waals surface area contributed by atoms with Crippen LogP contribution in [-0.4, -0.2) is 24.8 Å². The van der Waals surface area contributed by atoms with E-state index in [1.54, 1.807) is 25.1 Å². The third-order valence-electron chi connectivity index (χ3n) is 3.54. The lowest BCUT2D eigenvalue weighted by molar-refractivity contribution is -0.120. The standard InChI is InChI=1S/C19H23N3O3/c1-3-15(23)12-25-17-7-5-6-16(24-4-2)18(17)22-14-10-8-13(9-11-14)19(20)21/h5-11,22H,3-4,12H2,1-2H3,(H3,20,21). The van der Waals surface area contributed by atoms with Crippen molar-refractivity contribution in [3.8, 4) is 11.5 Å². The van der Waals surface area contributed by atoms with Gasteiger partial charge in [0.25, 0.3) is 0 Å². The molecule has 2 aromatic rings. The highest BCUT2D eigenvalue weighted by Crippen LogP contribution is 2.37. The predicted octanol–water partition coefficient (Wildman–Crippen LogP) is 3.47. The van der Waals surface area contributed by atoms with E-state index in [2.05, 4.69) is 5.32 Å². The zero-order chi connectivity index (χ0) is 18.2. The van der Waals surface area contributed by atoms with Crippen molar-refractivity contribution >= 4 is 23.0 Å². The fourth-order valence-corrected chi connectivity index (χ4v) is 2.17. The maximum Gasteiger partial charge on any atom is 0.169 e. The number of anilines is 2. The number of ether oxygens (including phenoxy) is 2. The lowest BCUT2D eigenvalue weighted by atomic mass is 10.2. The highest BCUT2D eigenvalue weighted by atomic mass is 16.5. The lowest BCUT2D eigenvalue weighted by Gasteiger charge is -2.17. The Bertz CT molecular complexity index is 742. The minimum atomic E-state index is 0.0170. The molecule has 6 nitrogen and oxygen atoms in total. The van der Waals surface area contributed by atoms with E-state index >= 15 is 0 Å². The number of nitrogens with one attached hydrogen (secondary N) is 2. The van der Waals surface area contributed by atoms with E-state index in [0.29, 0.717) is 35.8 Å². The van der Waals surface area contributed by atoms with Crippen LogP contribution in [0.25, 0.3) is 0 Å². The van der Waals surface area contributed by atoms with Gasteiger partial charge in [-0.1, -0.05) is 13.0 Å². The summed E-state index contributed by atoms with van der Waals surface area (Å²) in [4.78, 5) is 11.6. The van der Waals surface area contributed by atoms with E-state index in [9.17, 15) is 4.79 Å². The summed E-state index contributed by atoms with van der Waals surface area (Å²) >= 11 is 0. The topological polar surface area (TPSA) is 97.4 Å². The van der Waals surface area contributed by atoms with Crippen LogP contribution in [0.1, 0.15) is 25.8 Å². The average molecular weight is 341 g/mol. The molecular weight excluding hydrogens is 318 g/mol. The molecule has 0 atom stereocenters. The van der Waals surface area contributed by atoms with Gasteiger partial charge in [-0.05, 0) is 43.3 Å². The number of nitrogen functional groups attached to an aromatic ring is 1. The van der Waals surface area contributed by atoms with Crippen LogP contribution < -0.4 is 20.5 Å². The SMILES string of the molecule is CCOc1cccc(OCC(=O)CC)c1Nc1ccc(C(=N)N)cc1. The maximum absolute atomic E-state index is 11.6. The van der Waals surface area contributed by atoms with Crippen LogP contribution in [0.4, 0.5) is 11.4 Å². The van der Waals surface area contributed by atoms with E-state index in [4.69, 9.17) is 20.6 Å². The van der Waals surface area contributed by atoms with Crippen molar-refractivity contribution in [2.45, 2.75) is 20.3 Å². The molecule has 0 bridgehead atoms. The Morgan fingerprint density at radius 3 is 2.28 bits per heavy atom. The normalized spacial score (nSPS) is 10.2. The number of hydrogen-bond acceptors (Lipinski definition) is 5. The Labute approximate surface area is 147 Å². The van der Waals surface area contributed by atoms with Gasteiger partial charge in [0.05, 0.1) is 6.61 Å². The summed E-state index contributed by atoms with van der Waals surface area (Å²) in [5.41, 5.74) is 7.57. The van der Waals surface area contributed by atoms with Gasteiger partial charge in [0.15, 0.2) is 5.78 Å². The summed E-state index contributed by atoms with van der Waals surface area (Å²) in [6.07, 6.45) is 0.431. The average Bonchev–Trinajstić information content (AvgIpc) is 2.62. The smallest absolute Gasteiger partial charge is 0.169 e. The first-order chi connectivity index (χ1) is 12.0. The van der Waals surface area contributed by atoms with Crippen molar-refractivity contribution in [3.05, 3.63) is 48.0 Å². The molecule has 0 amide bonds. The molecule has 2 rings (SSSR count). The molecule has 0 radical (unpaired) electrons. The van der Waals surface area contributed by atoms with Gasteiger partial charge in [-0.2, -0.15) is 0 Å². The summed E-state index contributed by atoms with van der Waals surface area (Å²) in [6, 6.07) is 12.6. The summed E-state index contributed by atoms with van der Waals surface area (Å²) in [6.45, 7) is 4.23. The number of nitrogens with two attached hydrogens (primary N) is 1. The molecule has 132 valence electrons. The number of benzene rings is 2. The zero-order valence-electron chi connectivity index (χ0n) is 14.5. The summed E-state index contributed by atoms with van der Waals surface area (Å²) in [5.74, 6) is 1.23. The van der Waals surface area contributed by atoms with Gasteiger partial charge in [-0.25, -0.2) is 0 Å². The first-order valence-electron chi connectivity index (χ1n) is 8.17. The molecule has 0 fully saturated rings. The zero-order valence-corrected chi connectivity index (χ0v) is 14.5. The minimum absolute atomic E-state index is 0.0170. The van der Waals surface area contributed by atoms with Crippen molar-refractivity contribution in [2.75, 3.05) is 18.5 Å². The second kappa shape index (κ2) is 8.73. The van der Waals surface area contributed by atoms with Gasteiger partial charge in [0, 0.05) is 17.7 Å². The van der Waals surface area contributed by atoms with Crippen LogP contribution >= 0.6 is 0 Å². The van der Waals surface area contributed by atoms with Crippen LogP contribution in [0.5, 0.6) is 11.5 Å². The number of carbonyl (C=O) groups is 1. The molecule has 0 aliphatic rings. The van der Waals surface area contributed by atoms with Gasteiger partial charge in [-0.3, -0.25) is 10.2 Å². The highest BCUT2D eigenvalue weighted by Gasteiger charge is 2.12. The molecule has 2 aromatic carbocycles. The summed E-state index contributed by atoms with van der Waals surface area (Å²) < 4.78 is 11.3. The molecule has 6 heteroatoms. The molecule has 25 heavy (non-hydrogen) atoms. The molecule has 0 aliphatic heterocycles. The maximum atomic E-state index is 11.6. The summed E-state index contributed by atoms with van der Waals surface area (Å²) in [7, 11) is 0. The number of hydrogen-bond donors (Lipinski definition) is 3. The van der Waals surface area contributed by atoms with E-state index in [0.717, 1.165) is 5.69 Å². The number of amidine groups is 1. The van der Waals surface area contributed by atoms with Crippen molar-refractivity contribution in [1.82, 2.24) is 0 Å². The molecule has 0 aliphatic carbocycles. The molecule has 0 heterocycles. The predicted molar refractivity (Wildman–Crippen MR) is 99.1 cm³/mol. The number of ketones is 1. The van der Waals surface area contributed by atoms with Crippen molar-refractivity contribution in [3.63, 3.8) is 0 Å².